The van der Waals surface area contributed by atoms with Crippen molar-refractivity contribution in [2.75, 3.05) is 11.1 Å². The lowest BCUT2D eigenvalue weighted by Crippen LogP contribution is -2.23. The van der Waals surface area contributed by atoms with E-state index in [2.05, 4.69) is 21.2 Å². The first-order valence-corrected chi connectivity index (χ1v) is 7.54. The average Bonchev–Trinajstić information content (AvgIpc) is 2.83. The highest BCUT2D eigenvalue weighted by Crippen LogP contribution is 2.28. The second kappa shape index (κ2) is 5.73. The predicted octanol–water partition coefficient (Wildman–Crippen LogP) is 3.42. The van der Waals surface area contributed by atoms with Gasteiger partial charge in [-0.1, -0.05) is 34.1 Å². The average molecular weight is 300 g/mol. The summed E-state index contributed by atoms with van der Waals surface area (Å²) in [4.78, 5) is 11.9. The van der Waals surface area contributed by atoms with Crippen LogP contribution in [0.25, 0.3) is 0 Å². The molecule has 1 aromatic carbocycles. The minimum absolute atomic E-state index is 0.142. The molecule has 0 bridgehead atoms. The number of carbonyl (C=O) groups is 1. The molecule has 1 aromatic rings. The molecule has 0 aliphatic carbocycles. The van der Waals surface area contributed by atoms with Gasteiger partial charge in [-0.05, 0) is 30.2 Å². The van der Waals surface area contributed by atoms with Crippen molar-refractivity contribution in [2.24, 2.45) is 0 Å². The quantitative estimate of drug-likeness (QED) is 0.867. The largest absolute Gasteiger partial charge is 0.325 e. The van der Waals surface area contributed by atoms with Crippen molar-refractivity contribution < 1.29 is 4.79 Å². The molecule has 1 aliphatic heterocycles. The van der Waals surface area contributed by atoms with E-state index in [1.807, 2.05) is 24.3 Å². The van der Waals surface area contributed by atoms with Crippen molar-refractivity contribution in [1.29, 1.82) is 0 Å². The molecule has 0 aromatic heterocycles. The van der Waals surface area contributed by atoms with Gasteiger partial charge in [-0.3, -0.25) is 4.79 Å². The van der Waals surface area contributed by atoms with E-state index in [0.29, 0.717) is 0 Å². The van der Waals surface area contributed by atoms with Crippen LogP contribution in [-0.4, -0.2) is 16.9 Å². The zero-order valence-corrected chi connectivity index (χ0v) is 11.3. The van der Waals surface area contributed by atoms with Crippen LogP contribution in [0.2, 0.25) is 0 Å². The molecule has 1 atom stereocenters. The van der Waals surface area contributed by atoms with E-state index in [4.69, 9.17) is 0 Å². The molecule has 1 heterocycles. The van der Waals surface area contributed by atoms with E-state index in [-0.39, 0.29) is 11.2 Å². The minimum Gasteiger partial charge on any atom is -0.325 e. The fraction of sp³-hybridized carbons (Fsp3) is 0.417. The third-order valence-corrected chi connectivity index (χ3v) is 4.62. The van der Waals surface area contributed by atoms with Gasteiger partial charge in [-0.25, -0.2) is 0 Å². The predicted molar refractivity (Wildman–Crippen MR) is 73.2 cm³/mol. The topological polar surface area (TPSA) is 29.1 Å². The number of hydrogen-bond acceptors (Lipinski definition) is 2. The molecule has 1 amide bonds. The van der Waals surface area contributed by atoms with Gasteiger partial charge in [-0.15, -0.1) is 11.8 Å². The summed E-state index contributed by atoms with van der Waals surface area (Å²) in [5.74, 6) is 1.26. The molecular formula is C12H14BrNOS. The van der Waals surface area contributed by atoms with Crippen LogP contribution in [0, 0.1) is 0 Å². The van der Waals surface area contributed by atoms with Crippen LogP contribution in [0.5, 0.6) is 0 Å². The van der Waals surface area contributed by atoms with Gasteiger partial charge in [0.1, 0.15) is 0 Å². The zero-order valence-electron chi connectivity index (χ0n) is 8.91. The molecule has 1 fully saturated rings. The highest BCUT2D eigenvalue weighted by Gasteiger charge is 2.23. The number of anilines is 1. The molecule has 0 saturated carbocycles. The molecule has 1 saturated heterocycles. The standard InChI is InChI=1S/C12H14BrNOS/c13-8-9-4-1-2-5-10(9)14-12(15)11-6-3-7-16-11/h1-2,4-5,11H,3,6-8H2,(H,14,15). The van der Waals surface area contributed by atoms with Gasteiger partial charge in [0.2, 0.25) is 5.91 Å². The van der Waals surface area contributed by atoms with Gasteiger partial charge < -0.3 is 5.32 Å². The third-order valence-electron chi connectivity index (χ3n) is 2.64. The summed E-state index contributed by atoms with van der Waals surface area (Å²) in [6, 6.07) is 7.90. The van der Waals surface area contributed by atoms with Crippen LogP contribution in [0.15, 0.2) is 24.3 Å². The highest BCUT2D eigenvalue weighted by atomic mass is 79.9. The maximum atomic E-state index is 11.9. The second-order valence-electron chi connectivity index (χ2n) is 3.78. The van der Waals surface area contributed by atoms with E-state index >= 15 is 0 Å². The lowest BCUT2D eigenvalue weighted by molar-refractivity contribution is -0.115. The zero-order chi connectivity index (χ0) is 11.4. The number of halogens is 1. The smallest absolute Gasteiger partial charge is 0.237 e. The Balaban J connectivity index is 2.05. The summed E-state index contributed by atoms with van der Waals surface area (Å²) >= 11 is 5.18. The minimum atomic E-state index is 0.142. The molecule has 0 spiro atoms. The van der Waals surface area contributed by atoms with Gasteiger partial charge in [-0.2, -0.15) is 0 Å². The second-order valence-corrected chi connectivity index (χ2v) is 5.65. The number of thioether (sulfide) groups is 1. The summed E-state index contributed by atoms with van der Waals surface area (Å²) in [5, 5.41) is 3.92. The fourth-order valence-electron chi connectivity index (χ4n) is 1.76. The summed E-state index contributed by atoms with van der Waals surface area (Å²) in [5.41, 5.74) is 2.05. The van der Waals surface area contributed by atoms with Crippen LogP contribution in [0.1, 0.15) is 18.4 Å². The number of rotatable bonds is 3. The first-order valence-electron chi connectivity index (χ1n) is 5.37. The van der Waals surface area contributed by atoms with Crippen LogP contribution in [0.3, 0.4) is 0 Å². The van der Waals surface area contributed by atoms with E-state index in [9.17, 15) is 4.79 Å². The molecule has 1 N–H and O–H groups in total. The van der Waals surface area contributed by atoms with Gasteiger partial charge in [0.25, 0.3) is 0 Å². The van der Waals surface area contributed by atoms with Crippen LogP contribution >= 0.6 is 27.7 Å². The summed E-state index contributed by atoms with van der Waals surface area (Å²) in [7, 11) is 0. The lowest BCUT2D eigenvalue weighted by atomic mass is 10.2. The monoisotopic (exact) mass is 299 g/mol. The molecule has 2 nitrogen and oxygen atoms in total. The van der Waals surface area contributed by atoms with Crippen molar-refractivity contribution in [3.8, 4) is 0 Å². The summed E-state index contributed by atoms with van der Waals surface area (Å²) < 4.78 is 0. The normalized spacial score (nSPS) is 19.7. The summed E-state index contributed by atoms with van der Waals surface area (Å²) in [6.07, 6.45) is 2.16. The fourth-order valence-corrected chi connectivity index (χ4v) is 3.41. The first kappa shape index (κ1) is 12.0. The Labute approximate surface area is 108 Å². The Morgan fingerprint density at radius 2 is 2.31 bits per heavy atom. The molecule has 1 unspecified atom stereocenters. The number of nitrogens with one attached hydrogen (secondary N) is 1. The Morgan fingerprint density at radius 1 is 1.50 bits per heavy atom. The van der Waals surface area contributed by atoms with Gasteiger partial charge in [0.15, 0.2) is 0 Å². The van der Waals surface area contributed by atoms with E-state index in [1.54, 1.807) is 11.8 Å². The number of hydrogen-bond donors (Lipinski definition) is 1. The van der Waals surface area contributed by atoms with Crippen LogP contribution < -0.4 is 5.32 Å². The van der Waals surface area contributed by atoms with E-state index < -0.39 is 0 Å². The van der Waals surface area contributed by atoms with Crippen molar-refractivity contribution in [2.45, 2.75) is 23.4 Å². The number of amides is 1. The third kappa shape index (κ3) is 2.80. The molecular weight excluding hydrogens is 286 g/mol. The number of para-hydroxylation sites is 1. The molecule has 2 rings (SSSR count). The lowest BCUT2D eigenvalue weighted by Gasteiger charge is -2.12. The van der Waals surface area contributed by atoms with Crippen molar-refractivity contribution in [3.05, 3.63) is 29.8 Å². The van der Waals surface area contributed by atoms with E-state index in [0.717, 1.165) is 35.2 Å². The van der Waals surface area contributed by atoms with E-state index in [1.165, 1.54) is 0 Å². The van der Waals surface area contributed by atoms with Gasteiger partial charge in [0, 0.05) is 11.0 Å². The molecule has 0 radical (unpaired) electrons. The Morgan fingerprint density at radius 3 is 3.00 bits per heavy atom. The number of benzene rings is 1. The van der Waals surface area contributed by atoms with Crippen molar-refractivity contribution in [3.63, 3.8) is 0 Å². The SMILES string of the molecule is O=C(Nc1ccccc1CBr)C1CCCS1. The van der Waals surface area contributed by atoms with Crippen LogP contribution in [-0.2, 0) is 10.1 Å². The Hall–Kier alpha value is -0.480. The number of carbonyl (C=O) groups excluding carboxylic acids is 1. The molecule has 4 heteroatoms. The maximum Gasteiger partial charge on any atom is 0.237 e. The van der Waals surface area contributed by atoms with Gasteiger partial charge in [0.05, 0.1) is 5.25 Å². The molecule has 16 heavy (non-hydrogen) atoms. The van der Waals surface area contributed by atoms with Gasteiger partial charge >= 0.3 is 0 Å². The summed E-state index contributed by atoms with van der Waals surface area (Å²) in [6.45, 7) is 0. The Kier molecular flexibility index (Phi) is 4.29. The highest BCUT2D eigenvalue weighted by molar-refractivity contribution is 9.08. The number of alkyl halides is 1. The first-order chi connectivity index (χ1) is 7.81. The molecule has 86 valence electrons. The van der Waals surface area contributed by atoms with Crippen LogP contribution in [0.4, 0.5) is 5.69 Å². The maximum absolute atomic E-state index is 11.9. The van der Waals surface area contributed by atoms with Crippen molar-refractivity contribution in [1.82, 2.24) is 0 Å². The Bertz CT molecular complexity index is 377. The molecule has 1 aliphatic rings. The van der Waals surface area contributed by atoms with Crippen molar-refractivity contribution >= 4 is 39.3 Å².